The number of carbonyl (C=O) groups excluding carboxylic acids is 1. The molecular weight excluding hydrogens is 342 g/mol. The molecule has 1 aromatic carbocycles. The van der Waals surface area contributed by atoms with Gasteiger partial charge in [0.05, 0.1) is 5.56 Å². The van der Waals surface area contributed by atoms with Crippen LogP contribution in [0.4, 0.5) is 17.6 Å². The average Bonchev–Trinajstić information content (AvgIpc) is 3.04. The van der Waals surface area contributed by atoms with Gasteiger partial charge >= 0.3 is 12.1 Å². The Labute approximate surface area is 141 Å². The van der Waals surface area contributed by atoms with Crippen LogP contribution >= 0.6 is 0 Å². The molecule has 1 amide bonds. The summed E-state index contributed by atoms with van der Waals surface area (Å²) >= 11 is 0. The molecule has 5 nitrogen and oxygen atoms in total. The van der Waals surface area contributed by atoms with Crippen molar-refractivity contribution in [2.24, 2.45) is 0 Å². The van der Waals surface area contributed by atoms with Gasteiger partial charge in [0.15, 0.2) is 0 Å². The second kappa shape index (κ2) is 8.09. The number of halogens is 4. The number of aromatic nitrogens is 2. The van der Waals surface area contributed by atoms with Crippen LogP contribution in [0.3, 0.4) is 0 Å². The van der Waals surface area contributed by atoms with Gasteiger partial charge in [0.25, 0.3) is 5.91 Å². The number of nitrogens with zero attached hydrogens (tertiary/aromatic N) is 2. The fourth-order valence-corrected chi connectivity index (χ4v) is 2.14. The third kappa shape index (κ3) is 5.01. The Hall–Kier alpha value is -2.45. The van der Waals surface area contributed by atoms with E-state index in [1.54, 1.807) is 0 Å². The summed E-state index contributed by atoms with van der Waals surface area (Å²) in [5.74, 6) is -3.37. The first-order chi connectivity index (χ1) is 11.8. The van der Waals surface area contributed by atoms with Gasteiger partial charge in [0.1, 0.15) is 5.82 Å². The number of hydrogen-bond donors (Lipinski definition) is 1. The van der Waals surface area contributed by atoms with Gasteiger partial charge in [-0.3, -0.25) is 4.79 Å². The van der Waals surface area contributed by atoms with Crippen LogP contribution in [0.2, 0.25) is 0 Å². The molecule has 0 spiro atoms. The fourth-order valence-electron chi connectivity index (χ4n) is 2.14. The second-order valence-electron chi connectivity index (χ2n) is 5.43. The molecule has 136 valence electrons. The van der Waals surface area contributed by atoms with Gasteiger partial charge in [-0.2, -0.15) is 18.2 Å². The minimum atomic E-state index is -4.78. The van der Waals surface area contributed by atoms with Crippen molar-refractivity contribution in [3.05, 3.63) is 35.5 Å². The fraction of sp³-hybridized carbons (Fsp3) is 0.438. The van der Waals surface area contributed by atoms with Crippen LogP contribution in [0.25, 0.3) is 11.4 Å². The summed E-state index contributed by atoms with van der Waals surface area (Å²) < 4.78 is 55.5. The molecule has 25 heavy (non-hydrogen) atoms. The SMILES string of the molecule is CCCCCCNC(=O)c1ccc(-c2noc(C(F)(F)F)n2)cc1F. The topological polar surface area (TPSA) is 68.0 Å². The number of benzene rings is 1. The summed E-state index contributed by atoms with van der Waals surface area (Å²) in [4.78, 5) is 15.1. The predicted octanol–water partition coefficient (Wildman–Crippen LogP) is 4.20. The standard InChI is InChI=1S/C16H17F4N3O2/c1-2-3-4-5-8-21-14(24)11-7-6-10(9-12(11)17)13-22-15(25-23-13)16(18,19)20/h6-7,9H,2-5,8H2,1H3,(H,21,24). The van der Waals surface area contributed by atoms with Gasteiger partial charge in [-0.15, -0.1) is 0 Å². The number of hydrogen-bond acceptors (Lipinski definition) is 4. The number of nitrogens with one attached hydrogen (secondary N) is 1. The third-order valence-electron chi connectivity index (χ3n) is 3.46. The van der Waals surface area contributed by atoms with Crippen LogP contribution in [0.15, 0.2) is 22.7 Å². The van der Waals surface area contributed by atoms with Crippen molar-refractivity contribution in [1.82, 2.24) is 15.5 Å². The van der Waals surface area contributed by atoms with Crippen LogP contribution in [-0.4, -0.2) is 22.6 Å². The first kappa shape index (κ1) is 18.9. The average molecular weight is 359 g/mol. The first-order valence-corrected chi connectivity index (χ1v) is 7.82. The lowest BCUT2D eigenvalue weighted by molar-refractivity contribution is -0.159. The van der Waals surface area contributed by atoms with Crippen LogP contribution < -0.4 is 5.32 Å². The molecule has 0 fully saturated rings. The molecule has 0 bridgehead atoms. The summed E-state index contributed by atoms with van der Waals surface area (Å²) in [7, 11) is 0. The summed E-state index contributed by atoms with van der Waals surface area (Å²) in [5, 5.41) is 5.78. The lowest BCUT2D eigenvalue weighted by Gasteiger charge is -2.06. The molecule has 2 aromatic rings. The Morgan fingerprint density at radius 2 is 2.00 bits per heavy atom. The van der Waals surface area contributed by atoms with E-state index in [9.17, 15) is 22.4 Å². The van der Waals surface area contributed by atoms with Gasteiger partial charge < -0.3 is 9.84 Å². The van der Waals surface area contributed by atoms with E-state index in [1.807, 2.05) is 0 Å². The van der Waals surface area contributed by atoms with Gasteiger partial charge in [-0.05, 0) is 18.6 Å². The van der Waals surface area contributed by atoms with Crippen LogP contribution in [0.1, 0.15) is 48.9 Å². The Morgan fingerprint density at radius 1 is 1.24 bits per heavy atom. The molecule has 9 heteroatoms. The molecule has 1 N–H and O–H groups in total. The lowest BCUT2D eigenvalue weighted by Crippen LogP contribution is -2.25. The molecular formula is C16H17F4N3O2. The third-order valence-corrected chi connectivity index (χ3v) is 3.46. The van der Waals surface area contributed by atoms with E-state index in [4.69, 9.17) is 0 Å². The van der Waals surface area contributed by atoms with Crippen LogP contribution in [0, 0.1) is 5.82 Å². The van der Waals surface area contributed by atoms with Gasteiger partial charge in [0.2, 0.25) is 5.82 Å². The zero-order chi connectivity index (χ0) is 18.4. The minimum Gasteiger partial charge on any atom is -0.352 e. The summed E-state index contributed by atoms with van der Waals surface area (Å²) in [6.45, 7) is 2.50. The van der Waals surface area contributed by atoms with Gasteiger partial charge in [0, 0.05) is 12.1 Å². The normalized spacial score (nSPS) is 11.6. The maximum absolute atomic E-state index is 14.1. The van der Waals surface area contributed by atoms with Crippen molar-refractivity contribution < 1.29 is 26.9 Å². The van der Waals surface area contributed by atoms with Crippen molar-refractivity contribution in [1.29, 1.82) is 0 Å². The number of carbonyl (C=O) groups is 1. The highest BCUT2D eigenvalue weighted by Gasteiger charge is 2.38. The summed E-state index contributed by atoms with van der Waals surface area (Å²) in [6.07, 6.45) is -0.888. The highest BCUT2D eigenvalue weighted by molar-refractivity contribution is 5.94. The zero-order valence-corrected chi connectivity index (χ0v) is 13.5. The maximum Gasteiger partial charge on any atom is 0.471 e. The highest BCUT2D eigenvalue weighted by Crippen LogP contribution is 2.29. The predicted molar refractivity (Wildman–Crippen MR) is 81.2 cm³/mol. The molecule has 2 rings (SSSR count). The quantitative estimate of drug-likeness (QED) is 0.594. The Morgan fingerprint density at radius 3 is 2.60 bits per heavy atom. The smallest absolute Gasteiger partial charge is 0.352 e. The van der Waals surface area contributed by atoms with E-state index in [2.05, 4.69) is 26.9 Å². The Bertz CT molecular complexity index is 728. The number of rotatable bonds is 7. The summed E-state index contributed by atoms with van der Waals surface area (Å²) in [5.41, 5.74) is -0.213. The van der Waals surface area contributed by atoms with Gasteiger partial charge in [-0.25, -0.2) is 4.39 Å². The number of amides is 1. The van der Waals surface area contributed by atoms with Crippen molar-refractivity contribution in [2.75, 3.05) is 6.54 Å². The second-order valence-corrected chi connectivity index (χ2v) is 5.43. The largest absolute Gasteiger partial charge is 0.471 e. The molecule has 0 saturated heterocycles. The van der Waals surface area contributed by atoms with Crippen molar-refractivity contribution in [3.63, 3.8) is 0 Å². The monoisotopic (exact) mass is 359 g/mol. The molecule has 0 aliphatic rings. The zero-order valence-electron chi connectivity index (χ0n) is 13.5. The van der Waals surface area contributed by atoms with E-state index in [0.717, 1.165) is 31.7 Å². The molecule has 0 radical (unpaired) electrons. The first-order valence-electron chi connectivity index (χ1n) is 7.82. The van der Waals surface area contributed by atoms with Crippen molar-refractivity contribution in [2.45, 2.75) is 38.8 Å². The van der Waals surface area contributed by atoms with Gasteiger partial charge in [-0.1, -0.05) is 37.4 Å². The Kier molecular flexibility index (Phi) is 6.11. The van der Waals surface area contributed by atoms with E-state index >= 15 is 0 Å². The number of unbranched alkanes of at least 4 members (excludes halogenated alkanes) is 3. The molecule has 0 aliphatic heterocycles. The van der Waals surface area contributed by atoms with E-state index in [-0.39, 0.29) is 11.1 Å². The lowest BCUT2D eigenvalue weighted by atomic mass is 10.1. The molecule has 1 aromatic heterocycles. The van der Waals surface area contributed by atoms with E-state index < -0.39 is 29.6 Å². The molecule has 0 aliphatic carbocycles. The van der Waals surface area contributed by atoms with Crippen LogP contribution in [0.5, 0.6) is 0 Å². The molecule has 1 heterocycles. The number of alkyl halides is 3. The summed E-state index contributed by atoms with van der Waals surface area (Å²) in [6, 6.07) is 3.34. The van der Waals surface area contributed by atoms with Crippen molar-refractivity contribution >= 4 is 5.91 Å². The molecule has 0 unspecified atom stereocenters. The van der Waals surface area contributed by atoms with Crippen molar-refractivity contribution in [3.8, 4) is 11.4 Å². The maximum atomic E-state index is 14.1. The Balaban J connectivity index is 2.05. The highest BCUT2D eigenvalue weighted by atomic mass is 19.4. The van der Waals surface area contributed by atoms with E-state index in [0.29, 0.717) is 6.54 Å². The molecule has 0 saturated carbocycles. The minimum absolute atomic E-state index is 0.0174. The molecule has 0 atom stereocenters. The van der Waals surface area contributed by atoms with Crippen LogP contribution in [-0.2, 0) is 6.18 Å². The van der Waals surface area contributed by atoms with E-state index in [1.165, 1.54) is 12.1 Å².